The van der Waals surface area contributed by atoms with Crippen LogP contribution in [0.3, 0.4) is 0 Å². The van der Waals surface area contributed by atoms with Crippen molar-refractivity contribution in [2.75, 3.05) is 5.32 Å². The highest BCUT2D eigenvalue weighted by Gasteiger charge is 2.64. The maximum atomic E-state index is 12.8. The summed E-state index contributed by atoms with van der Waals surface area (Å²) in [5.74, 6) is -2.61. The number of hydrogen-bond acceptors (Lipinski definition) is 3. The molecule has 1 fully saturated rings. The summed E-state index contributed by atoms with van der Waals surface area (Å²) in [6.45, 7) is 0. The van der Waals surface area contributed by atoms with E-state index in [2.05, 4.69) is 4.98 Å². The number of alkyl halides is 6. The largest absolute Gasteiger partial charge is 0.478 e. The van der Waals surface area contributed by atoms with Gasteiger partial charge in [0.25, 0.3) is 0 Å². The number of nitrogens with zero attached hydrogens (tertiary/aromatic N) is 1. The molecule has 0 radical (unpaired) electrons. The fraction of sp³-hybridized carbons (Fsp3) is 0.455. The Labute approximate surface area is 113 Å². The second-order valence-electron chi connectivity index (χ2n) is 4.60. The van der Waals surface area contributed by atoms with Crippen molar-refractivity contribution in [2.24, 2.45) is 0 Å². The van der Waals surface area contributed by atoms with Gasteiger partial charge in [-0.2, -0.15) is 26.3 Å². The fourth-order valence-electron chi connectivity index (χ4n) is 1.72. The Morgan fingerprint density at radius 3 is 2.14 bits per heavy atom. The first kappa shape index (κ1) is 15.4. The number of carboxylic acids is 1. The normalized spacial score (nSPS) is 17.4. The Morgan fingerprint density at radius 2 is 1.76 bits per heavy atom. The highest BCUT2D eigenvalue weighted by atomic mass is 19.4. The molecule has 1 heterocycles. The molecule has 116 valence electrons. The minimum absolute atomic E-state index is 0.354. The van der Waals surface area contributed by atoms with Gasteiger partial charge >= 0.3 is 18.3 Å². The van der Waals surface area contributed by atoms with Gasteiger partial charge in [0.05, 0.1) is 0 Å². The Hall–Kier alpha value is -2.00. The third kappa shape index (κ3) is 2.88. The average Bonchev–Trinajstić information content (AvgIpc) is 3.07. The van der Waals surface area contributed by atoms with Gasteiger partial charge < -0.3 is 10.4 Å². The molecule has 2 rings (SSSR count). The summed E-state index contributed by atoms with van der Waals surface area (Å²) in [6.07, 6.45) is -10.3. The van der Waals surface area contributed by atoms with E-state index in [1.807, 2.05) is 5.32 Å². The quantitative estimate of drug-likeness (QED) is 0.840. The average molecular weight is 314 g/mol. The molecule has 0 amide bonds. The van der Waals surface area contributed by atoms with E-state index in [1.54, 1.807) is 0 Å². The van der Waals surface area contributed by atoms with Crippen LogP contribution < -0.4 is 5.32 Å². The monoisotopic (exact) mass is 314 g/mol. The molecule has 0 bridgehead atoms. The van der Waals surface area contributed by atoms with E-state index in [4.69, 9.17) is 5.11 Å². The lowest BCUT2D eigenvalue weighted by Crippen LogP contribution is -2.39. The molecule has 1 aromatic rings. The van der Waals surface area contributed by atoms with Crippen molar-refractivity contribution in [3.05, 3.63) is 23.4 Å². The van der Waals surface area contributed by atoms with E-state index in [1.165, 1.54) is 0 Å². The molecule has 1 saturated carbocycles. The van der Waals surface area contributed by atoms with Crippen LogP contribution in [0.15, 0.2) is 12.1 Å². The number of rotatable bonds is 3. The molecule has 1 aliphatic carbocycles. The topological polar surface area (TPSA) is 62.2 Å². The summed E-state index contributed by atoms with van der Waals surface area (Å²) in [5, 5.41) is 10.7. The minimum Gasteiger partial charge on any atom is -0.478 e. The first-order valence-electron chi connectivity index (χ1n) is 5.63. The summed E-state index contributed by atoms with van der Waals surface area (Å²) in [6, 6.07) is 0.981. The van der Waals surface area contributed by atoms with E-state index in [0.29, 0.717) is 12.1 Å². The number of hydrogen-bond donors (Lipinski definition) is 2. The number of nitrogens with one attached hydrogen (secondary N) is 1. The molecule has 2 N–H and O–H groups in total. The van der Waals surface area contributed by atoms with Crippen molar-refractivity contribution in [3.8, 4) is 0 Å². The van der Waals surface area contributed by atoms with Gasteiger partial charge in [0, 0.05) is 0 Å². The van der Waals surface area contributed by atoms with E-state index in [-0.39, 0.29) is 12.8 Å². The number of aromatic nitrogens is 1. The smallest absolute Gasteiger partial charge is 0.433 e. The molecule has 1 aromatic heterocycles. The molecule has 0 aliphatic heterocycles. The number of carboxylic acid groups (broad SMARTS) is 1. The summed E-state index contributed by atoms with van der Waals surface area (Å²) < 4.78 is 75.9. The SMILES string of the molecule is O=C(O)c1ccc(C(F)(F)F)nc1NC1(C(F)(F)F)CC1. The van der Waals surface area contributed by atoms with Gasteiger partial charge in [0.2, 0.25) is 0 Å². The molecular weight excluding hydrogens is 306 g/mol. The zero-order valence-electron chi connectivity index (χ0n) is 10.1. The van der Waals surface area contributed by atoms with Gasteiger partial charge in [-0.05, 0) is 25.0 Å². The maximum Gasteiger partial charge on any atom is 0.433 e. The van der Waals surface area contributed by atoms with Gasteiger partial charge in [-0.25, -0.2) is 9.78 Å². The highest BCUT2D eigenvalue weighted by molar-refractivity contribution is 5.93. The van der Waals surface area contributed by atoms with Crippen LogP contribution in [0, 0.1) is 0 Å². The van der Waals surface area contributed by atoms with Crippen LogP contribution in [0.1, 0.15) is 28.9 Å². The standard InChI is InChI=1S/C11H8F6N2O2/c12-10(13,14)6-2-1-5(8(20)21)7(18-6)19-9(3-4-9)11(15,16)17/h1-2H,3-4H2,(H,18,19)(H,20,21). The number of halogens is 6. The Kier molecular flexibility index (Phi) is 3.30. The lowest BCUT2D eigenvalue weighted by atomic mass is 10.2. The van der Waals surface area contributed by atoms with Crippen LogP contribution in [0.5, 0.6) is 0 Å². The van der Waals surface area contributed by atoms with Crippen molar-refractivity contribution >= 4 is 11.8 Å². The summed E-state index contributed by atoms with van der Waals surface area (Å²) in [5.41, 5.74) is -4.62. The number of pyridine rings is 1. The van der Waals surface area contributed by atoms with Crippen molar-refractivity contribution in [1.29, 1.82) is 0 Å². The van der Waals surface area contributed by atoms with Crippen molar-refractivity contribution < 1.29 is 36.2 Å². The molecule has 0 saturated heterocycles. The Balaban J connectivity index is 2.43. The van der Waals surface area contributed by atoms with Crippen LogP contribution in [-0.2, 0) is 6.18 Å². The van der Waals surface area contributed by atoms with Crippen LogP contribution in [0.2, 0.25) is 0 Å². The predicted molar refractivity (Wildman–Crippen MR) is 57.8 cm³/mol. The molecule has 0 spiro atoms. The fourth-order valence-corrected chi connectivity index (χ4v) is 1.72. The van der Waals surface area contributed by atoms with Crippen LogP contribution in [0.25, 0.3) is 0 Å². The lowest BCUT2D eigenvalue weighted by Gasteiger charge is -2.22. The summed E-state index contributed by atoms with van der Waals surface area (Å²) in [4.78, 5) is 13.9. The van der Waals surface area contributed by atoms with Gasteiger partial charge in [-0.1, -0.05) is 0 Å². The maximum absolute atomic E-state index is 12.8. The van der Waals surface area contributed by atoms with E-state index in [9.17, 15) is 31.1 Å². The molecule has 21 heavy (non-hydrogen) atoms. The van der Waals surface area contributed by atoms with E-state index < -0.39 is 40.9 Å². The first-order chi connectivity index (χ1) is 9.46. The van der Waals surface area contributed by atoms with Gasteiger partial charge in [0.15, 0.2) is 0 Å². The molecule has 0 aromatic carbocycles. The van der Waals surface area contributed by atoms with Crippen LogP contribution in [-0.4, -0.2) is 27.8 Å². The van der Waals surface area contributed by atoms with Crippen LogP contribution in [0.4, 0.5) is 32.2 Å². The third-order valence-electron chi connectivity index (χ3n) is 3.07. The van der Waals surface area contributed by atoms with Crippen molar-refractivity contribution in [2.45, 2.75) is 30.7 Å². The molecule has 10 heteroatoms. The molecule has 1 aliphatic rings. The molecule has 0 atom stereocenters. The van der Waals surface area contributed by atoms with Crippen LogP contribution >= 0.6 is 0 Å². The van der Waals surface area contributed by atoms with Crippen molar-refractivity contribution in [3.63, 3.8) is 0 Å². The molecular formula is C11H8F6N2O2. The lowest BCUT2D eigenvalue weighted by molar-refractivity contribution is -0.151. The second-order valence-corrected chi connectivity index (χ2v) is 4.60. The highest BCUT2D eigenvalue weighted by Crippen LogP contribution is 2.51. The molecule has 0 unspecified atom stereocenters. The van der Waals surface area contributed by atoms with Crippen molar-refractivity contribution in [1.82, 2.24) is 4.98 Å². The van der Waals surface area contributed by atoms with E-state index in [0.717, 1.165) is 0 Å². The Morgan fingerprint density at radius 1 is 1.19 bits per heavy atom. The zero-order valence-corrected chi connectivity index (χ0v) is 10.1. The third-order valence-corrected chi connectivity index (χ3v) is 3.07. The number of carbonyl (C=O) groups is 1. The number of aromatic carboxylic acids is 1. The summed E-state index contributed by atoms with van der Waals surface area (Å²) >= 11 is 0. The van der Waals surface area contributed by atoms with Gasteiger partial charge in [-0.3, -0.25) is 0 Å². The number of anilines is 1. The Bertz CT molecular complexity index is 577. The summed E-state index contributed by atoms with van der Waals surface area (Å²) in [7, 11) is 0. The molecule has 4 nitrogen and oxygen atoms in total. The zero-order chi connectivity index (χ0) is 16.1. The predicted octanol–water partition coefficient (Wildman–Crippen LogP) is 3.31. The van der Waals surface area contributed by atoms with E-state index >= 15 is 0 Å². The van der Waals surface area contributed by atoms with Gasteiger partial charge in [-0.15, -0.1) is 0 Å². The minimum atomic E-state index is -4.89. The van der Waals surface area contributed by atoms with Gasteiger partial charge in [0.1, 0.15) is 22.6 Å². The first-order valence-corrected chi connectivity index (χ1v) is 5.63. The second kappa shape index (κ2) is 4.50.